The average Bonchev–Trinajstić information content (AvgIpc) is 3.51. The SMILES string of the molecule is COc1cccc(OC)c1CNc1nc2cnc(NC3CCC(N)CC3)nc2n1C1CCCC1. The number of hydrogen-bond acceptors (Lipinski definition) is 8. The first-order valence-electron chi connectivity index (χ1n) is 12.4. The molecule has 2 aliphatic carbocycles. The molecule has 2 aliphatic rings. The molecule has 5 rings (SSSR count). The van der Waals surface area contributed by atoms with Gasteiger partial charge in [0.25, 0.3) is 0 Å². The smallest absolute Gasteiger partial charge is 0.224 e. The molecular formula is C25H35N7O2. The average molecular weight is 466 g/mol. The van der Waals surface area contributed by atoms with E-state index in [1.54, 1.807) is 14.2 Å². The zero-order chi connectivity index (χ0) is 23.5. The number of hydrogen-bond donors (Lipinski definition) is 3. The number of ether oxygens (including phenoxy) is 2. The van der Waals surface area contributed by atoms with Crippen molar-refractivity contribution in [3.05, 3.63) is 30.0 Å². The molecule has 1 aromatic carbocycles. The van der Waals surface area contributed by atoms with Crippen LogP contribution in [0.25, 0.3) is 11.2 Å². The lowest BCUT2D eigenvalue weighted by atomic mass is 9.92. The van der Waals surface area contributed by atoms with Gasteiger partial charge in [-0.2, -0.15) is 4.98 Å². The quantitative estimate of drug-likeness (QED) is 0.453. The van der Waals surface area contributed by atoms with Crippen molar-refractivity contribution in [2.75, 3.05) is 24.9 Å². The Hall–Kier alpha value is -3.07. The van der Waals surface area contributed by atoms with Gasteiger partial charge in [0.1, 0.15) is 17.0 Å². The van der Waals surface area contributed by atoms with Gasteiger partial charge in [-0.3, -0.25) is 4.57 Å². The van der Waals surface area contributed by atoms with E-state index in [4.69, 9.17) is 25.2 Å². The number of benzene rings is 1. The predicted octanol–water partition coefficient (Wildman–Crippen LogP) is 4.25. The number of nitrogens with zero attached hydrogens (tertiary/aromatic N) is 4. The number of anilines is 2. The number of fused-ring (bicyclic) bond motifs is 1. The maximum atomic E-state index is 6.07. The molecule has 2 saturated carbocycles. The third kappa shape index (κ3) is 4.61. The third-order valence-corrected chi connectivity index (χ3v) is 7.18. The molecule has 3 aromatic rings. The van der Waals surface area contributed by atoms with Crippen LogP contribution in [0.2, 0.25) is 0 Å². The lowest BCUT2D eigenvalue weighted by molar-refractivity contribution is 0.386. The van der Waals surface area contributed by atoms with Gasteiger partial charge in [0.2, 0.25) is 11.9 Å². The van der Waals surface area contributed by atoms with Crippen LogP contribution in [0.15, 0.2) is 24.4 Å². The molecule has 0 unspecified atom stereocenters. The minimum absolute atomic E-state index is 0.320. The molecule has 34 heavy (non-hydrogen) atoms. The van der Waals surface area contributed by atoms with Gasteiger partial charge in [-0.05, 0) is 50.7 Å². The first-order chi connectivity index (χ1) is 16.7. The minimum Gasteiger partial charge on any atom is -0.496 e. The van der Waals surface area contributed by atoms with Crippen LogP contribution in [0.3, 0.4) is 0 Å². The number of nitrogens with one attached hydrogen (secondary N) is 2. The van der Waals surface area contributed by atoms with E-state index in [1.165, 1.54) is 12.8 Å². The highest BCUT2D eigenvalue weighted by molar-refractivity contribution is 5.75. The highest BCUT2D eigenvalue weighted by Gasteiger charge is 2.25. The Labute approximate surface area is 200 Å². The fraction of sp³-hybridized carbons (Fsp3) is 0.560. The number of aromatic nitrogens is 4. The Bertz CT molecular complexity index is 1100. The van der Waals surface area contributed by atoms with Crippen LogP contribution >= 0.6 is 0 Å². The van der Waals surface area contributed by atoms with E-state index in [0.29, 0.717) is 30.6 Å². The molecule has 0 spiro atoms. The molecule has 0 aliphatic heterocycles. The van der Waals surface area contributed by atoms with E-state index in [9.17, 15) is 0 Å². The Balaban J connectivity index is 1.44. The van der Waals surface area contributed by atoms with Crippen molar-refractivity contribution in [3.8, 4) is 11.5 Å². The second-order valence-electron chi connectivity index (χ2n) is 9.40. The monoisotopic (exact) mass is 465 g/mol. The molecular weight excluding hydrogens is 430 g/mol. The fourth-order valence-corrected chi connectivity index (χ4v) is 5.31. The van der Waals surface area contributed by atoms with Crippen LogP contribution in [0.4, 0.5) is 11.9 Å². The summed E-state index contributed by atoms with van der Waals surface area (Å²) in [5.41, 5.74) is 8.71. The highest BCUT2D eigenvalue weighted by atomic mass is 16.5. The van der Waals surface area contributed by atoms with Gasteiger partial charge in [0.05, 0.1) is 32.5 Å². The molecule has 0 amide bonds. The summed E-state index contributed by atoms with van der Waals surface area (Å²) in [5, 5.41) is 7.08. The van der Waals surface area contributed by atoms with Gasteiger partial charge >= 0.3 is 0 Å². The van der Waals surface area contributed by atoms with E-state index < -0.39 is 0 Å². The molecule has 0 bridgehead atoms. The van der Waals surface area contributed by atoms with Gasteiger partial charge in [-0.25, -0.2) is 9.97 Å². The summed E-state index contributed by atoms with van der Waals surface area (Å²) in [5.74, 6) is 3.05. The van der Waals surface area contributed by atoms with Crippen LogP contribution < -0.4 is 25.8 Å². The number of imidazole rings is 1. The lowest BCUT2D eigenvalue weighted by Gasteiger charge is -2.26. The van der Waals surface area contributed by atoms with Crippen LogP contribution in [0.5, 0.6) is 11.5 Å². The molecule has 0 atom stereocenters. The standard InChI is InChI=1S/C25H35N7O2/c1-33-21-8-5-9-22(34-2)19(21)14-28-25-30-20-15-27-24(29-17-12-10-16(26)11-13-17)31-23(20)32(25)18-6-3-4-7-18/h5,8-9,15-18H,3-4,6-7,10-14,26H2,1-2H3,(H,28,30)(H,27,29,31). The molecule has 9 nitrogen and oxygen atoms in total. The zero-order valence-electron chi connectivity index (χ0n) is 20.1. The molecule has 2 fully saturated rings. The summed E-state index contributed by atoms with van der Waals surface area (Å²) in [4.78, 5) is 14.4. The summed E-state index contributed by atoms with van der Waals surface area (Å²) < 4.78 is 13.4. The van der Waals surface area contributed by atoms with Crippen molar-refractivity contribution in [3.63, 3.8) is 0 Å². The van der Waals surface area contributed by atoms with Gasteiger partial charge in [0.15, 0.2) is 5.65 Å². The Morgan fingerprint density at radius 3 is 2.38 bits per heavy atom. The van der Waals surface area contributed by atoms with Crippen molar-refractivity contribution in [2.45, 2.75) is 76.0 Å². The summed E-state index contributed by atoms with van der Waals surface area (Å²) in [6, 6.07) is 6.89. The second kappa shape index (κ2) is 10.0. The summed E-state index contributed by atoms with van der Waals surface area (Å²) in [6.07, 6.45) is 10.7. The number of methoxy groups -OCH3 is 2. The zero-order valence-corrected chi connectivity index (χ0v) is 20.1. The molecule has 4 N–H and O–H groups in total. The van der Waals surface area contributed by atoms with Crippen molar-refractivity contribution in [1.29, 1.82) is 0 Å². The Morgan fingerprint density at radius 2 is 1.71 bits per heavy atom. The first kappa shape index (κ1) is 22.7. The van der Waals surface area contributed by atoms with Crippen molar-refractivity contribution < 1.29 is 9.47 Å². The maximum absolute atomic E-state index is 6.07. The van der Waals surface area contributed by atoms with Crippen LogP contribution in [0, 0.1) is 0 Å². The summed E-state index contributed by atoms with van der Waals surface area (Å²) in [7, 11) is 3.35. The van der Waals surface area contributed by atoms with Crippen molar-refractivity contribution in [1.82, 2.24) is 19.5 Å². The van der Waals surface area contributed by atoms with E-state index in [1.807, 2.05) is 24.4 Å². The van der Waals surface area contributed by atoms with Gasteiger partial charge in [-0.15, -0.1) is 0 Å². The second-order valence-corrected chi connectivity index (χ2v) is 9.40. The Kier molecular flexibility index (Phi) is 6.71. The molecule has 9 heteroatoms. The van der Waals surface area contributed by atoms with Gasteiger partial charge in [0, 0.05) is 18.1 Å². The van der Waals surface area contributed by atoms with Crippen molar-refractivity contribution in [2.24, 2.45) is 5.73 Å². The predicted molar refractivity (Wildman–Crippen MR) is 134 cm³/mol. The number of nitrogens with two attached hydrogens (primary N) is 1. The first-order valence-corrected chi connectivity index (χ1v) is 12.4. The van der Waals surface area contributed by atoms with E-state index in [-0.39, 0.29) is 0 Å². The van der Waals surface area contributed by atoms with Crippen molar-refractivity contribution >= 4 is 23.1 Å². The largest absolute Gasteiger partial charge is 0.496 e. The molecule has 0 saturated heterocycles. The number of rotatable bonds is 8. The van der Waals surface area contributed by atoms with Crippen LogP contribution in [-0.4, -0.2) is 45.8 Å². The molecule has 0 radical (unpaired) electrons. The molecule has 182 valence electrons. The van der Waals surface area contributed by atoms with E-state index in [2.05, 4.69) is 20.2 Å². The third-order valence-electron chi connectivity index (χ3n) is 7.18. The Morgan fingerprint density at radius 1 is 1.00 bits per heavy atom. The van der Waals surface area contributed by atoms with E-state index in [0.717, 1.165) is 72.7 Å². The summed E-state index contributed by atoms with van der Waals surface area (Å²) in [6.45, 7) is 0.532. The maximum Gasteiger partial charge on any atom is 0.224 e. The molecule has 2 heterocycles. The lowest BCUT2D eigenvalue weighted by Crippen LogP contribution is -2.33. The van der Waals surface area contributed by atoms with Crippen LogP contribution in [0.1, 0.15) is 63.0 Å². The van der Waals surface area contributed by atoms with E-state index >= 15 is 0 Å². The highest BCUT2D eigenvalue weighted by Crippen LogP contribution is 2.36. The van der Waals surface area contributed by atoms with Crippen LogP contribution in [-0.2, 0) is 6.54 Å². The summed E-state index contributed by atoms with van der Waals surface area (Å²) >= 11 is 0. The van der Waals surface area contributed by atoms with Gasteiger partial charge < -0.3 is 25.8 Å². The molecule has 2 aromatic heterocycles. The van der Waals surface area contributed by atoms with Gasteiger partial charge in [-0.1, -0.05) is 18.9 Å². The topological polar surface area (TPSA) is 112 Å². The minimum atomic E-state index is 0.320. The normalized spacial score (nSPS) is 21.0. The fourth-order valence-electron chi connectivity index (χ4n) is 5.31.